The van der Waals surface area contributed by atoms with Crippen molar-refractivity contribution in [1.29, 1.82) is 0 Å². The smallest absolute Gasteiger partial charge is 0.314 e. The molecule has 1 aliphatic rings. The molecule has 1 fully saturated rings. The van der Waals surface area contributed by atoms with Crippen molar-refractivity contribution < 1.29 is 19.7 Å². The van der Waals surface area contributed by atoms with Gasteiger partial charge in [-0.25, -0.2) is 0 Å². The highest BCUT2D eigenvalue weighted by Crippen LogP contribution is 2.45. The van der Waals surface area contributed by atoms with Crippen molar-refractivity contribution in [2.45, 2.75) is 51.4 Å². The van der Waals surface area contributed by atoms with E-state index in [1.807, 2.05) is 6.92 Å². The molecule has 110 valence electrons. The van der Waals surface area contributed by atoms with E-state index in [-0.39, 0.29) is 5.75 Å². The molecule has 0 heterocycles. The zero-order valence-electron chi connectivity index (χ0n) is 12.3. The van der Waals surface area contributed by atoms with Crippen LogP contribution in [-0.2, 0) is 10.2 Å². The highest BCUT2D eigenvalue weighted by Gasteiger charge is 2.43. The normalized spacial score (nSPS) is 17.8. The summed E-state index contributed by atoms with van der Waals surface area (Å²) in [4.78, 5) is 11.9. The number of phenolic OH excluding ortho intramolecular Hbond substituents is 1. The molecule has 0 unspecified atom stereocenters. The molecular weight excluding hydrogens is 256 g/mol. The molecular formula is C16H22O4. The molecule has 0 radical (unpaired) electrons. The van der Waals surface area contributed by atoms with Gasteiger partial charge in [0.25, 0.3) is 0 Å². The van der Waals surface area contributed by atoms with E-state index in [1.165, 1.54) is 7.11 Å². The van der Waals surface area contributed by atoms with Crippen LogP contribution in [0.3, 0.4) is 0 Å². The molecule has 0 atom stereocenters. The van der Waals surface area contributed by atoms with Gasteiger partial charge in [-0.1, -0.05) is 19.3 Å². The van der Waals surface area contributed by atoms with Crippen LogP contribution >= 0.6 is 0 Å². The van der Waals surface area contributed by atoms with E-state index < -0.39 is 11.4 Å². The quantitative estimate of drug-likeness (QED) is 0.890. The van der Waals surface area contributed by atoms with Crippen molar-refractivity contribution in [2.75, 3.05) is 7.11 Å². The molecule has 1 aliphatic carbocycles. The Labute approximate surface area is 119 Å². The maximum atomic E-state index is 11.9. The summed E-state index contributed by atoms with van der Waals surface area (Å²) in [6.07, 6.45) is 4.23. The summed E-state index contributed by atoms with van der Waals surface area (Å²) in [6, 6.07) is 1.71. The number of ether oxygens (including phenoxy) is 1. The summed E-state index contributed by atoms with van der Waals surface area (Å²) >= 11 is 0. The van der Waals surface area contributed by atoms with Crippen molar-refractivity contribution in [1.82, 2.24) is 0 Å². The summed E-state index contributed by atoms with van der Waals surface area (Å²) < 4.78 is 5.19. The van der Waals surface area contributed by atoms with Crippen molar-refractivity contribution in [3.63, 3.8) is 0 Å². The fourth-order valence-corrected chi connectivity index (χ4v) is 3.28. The third-order valence-electron chi connectivity index (χ3n) is 4.68. The maximum absolute atomic E-state index is 11.9. The fourth-order valence-electron chi connectivity index (χ4n) is 3.28. The largest absolute Gasteiger partial charge is 0.504 e. The third-order valence-corrected chi connectivity index (χ3v) is 4.68. The summed E-state index contributed by atoms with van der Waals surface area (Å²) in [5.41, 5.74) is 1.50. The van der Waals surface area contributed by atoms with Crippen LogP contribution in [0.5, 0.6) is 11.5 Å². The second-order valence-corrected chi connectivity index (χ2v) is 5.67. The zero-order valence-corrected chi connectivity index (χ0v) is 12.3. The first-order valence-corrected chi connectivity index (χ1v) is 7.05. The first kappa shape index (κ1) is 14.7. The van der Waals surface area contributed by atoms with Crippen LogP contribution in [0.25, 0.3) is 0 Å². The first-order valence-electron chi connectivity index (χ1n) is 7.05. The lowest BCUT2D eigenvalue weighted by Gasteiger charge is -2.35. The molecule has 0 saturated heterocycles. The van der Waals surface area contributed by atoms with E-state index in [2.05, 4.69) is 0 Å². The average Bonchev–Trinajstić information content (AvgIpc) is 2.46. The van der Waals surface area contributed by atoms with Crippen molar-refractivity contribution in [3.8, 4) is 11.5 Å². The Kier molecular flexibility index (Phi) is 3.93. The SMILES string of the molecule is COc1cc(C2(C(=O)O)CCCCC2)c(C)c(C)c1O. The Morgan fingerprint density at radius 1 is 1.20 bits per heavy atom. The minimum Gasteiger partial charge on any atom is -0.504 e. The molecule has 4 nitrogen and oxygen atoms in total. The lowest BCUT2D eigenvalue weighted by molar-refractivity contribution is -0.145. The number of carboxylic acid groups (broad SMARTS) is 1. The van der Waals surface area contributed by atoms with E-state index in [9.17, 15) is 15.0 Å². The van der Waals surface area contributed by atoms with Crippen LogP contribution in [0.2, 0.25) is 0 Å². The molecule has 0 aromatic heterocycles. The van der Waals surface area contributed by atoms with Crippen LogP contribution < -0.4 is 4.74 Å². The van der Waals surface area contributed by atoms with Gasteiger partial charge in [-0.2, -0.15) is 0 Å². The third kappa shape index (κ3) is 2.13. The predicted molar refractivity (Wildman–Crippen MR) is 76.5 cm³/mol. The Morgan fingerprint density at radius 3 is 2.30 bits per heavy atom. The van der Waals surface area contributed by atoms with E-state index in [0.29, 0.717) is 24.2 Å². The van der Waals surface area contributed by atoms with E-state index in [1.54, 1.807) is 13.0 Å². The number of phenols is 1. The Bertz CT molecular complexity index is 528. The Hall–Kier alpha value is -1.71. The summed E-state index contributed by atoms with van der Waals surface area (Å²) in [5, 5.41) is 19.8. The van der Waals surface area contributed by atoms with E-state index >= 15 is 0 Å². The Balaban J connectivity index is 2.65. The molecule has 0 bridgehead atoms. The molecule has 1 aromatic carbocycles. The van der Waals surface area contributed by atoms with Gasteiger partial charge in [0.05, 0.1) is 12.5 Å². The molecule has 2 rings (SSSR count). The number of rotatable bonds is 3. The molecule has 1 aromatic rings. The highest BCUT2D eigenvalue weighted by molar-refractivity contribution is 5.83. The van der Waals surface area contributed by atoms with Gasteiger partial charge in [0, 0.05) is 0 Å². The predicted octanol–water partition coefficient (Wildman–Crippen LogP) is 3.30. The van der Waals surface area contributed by atoms with Gasteiger partial charge in [0.1, 0.15) is 0 Å². The lowest BCUT2D eigenvalue weighted by atomic mass is 9.67. The van der Waals surface area contributed by atoms with Gasteiger partial charge >= 0.3 is 5.97 Å². The van der Waals surface area contributed by atoms with Crippen LogP contribution in [0.15, 0.2) is 6.07 Å². The highest BCUT2D eigenvalue weighted by atomic mass is 16.5. The van der Waals surface area contributed by atoms with Crippen LogP contribution in [-0.4, -0.2) is 23.3 Å². The van der Waals surface area contributed by atoms with Crippen molar-refractivity contribution in [2.24, 2.45) is 0 Å². The number of hydrogen-bond donors (Lipinski definition) is 2. The molecule has 20 heavy (non-hydrogen) atoms. The number of benzene rings is 1. The van der Waals surface area contributed by atoms with Crippen LogP contribution in [0.1, 0.15) is 48.8 Å². The standard InChI is InChI=1S/C16H22O4/c1-10-11(2)14(17)13(20-3)9-12(10)16(15(18)19)7-5-4-6-8-16/h9,17H,4-8H2,1-3H3,(H,18,19). The molecule has 1 saturated carbocycles. The summed E-state index contributed by atoms with van der Waals surface area (Å²) in [5.74, 6) is -0.313. The number of hydrogen-bond acceptors (Lipinski definition) is 3. The molecule has 4 heteroatoms. The number of carboxylic acids is 1. The summed E-state index contributed by atoms with van der Waals surface area (Å²) in [6.45, 7) is 3.68. The molecule has 0 spiro atoms. The fraction of sp³-hybridized carbons (Fsp3) is 0.562. The second-order valence-electron chi connectivity index (χ2n) is 5.67. The summed E-state index contributed by atoms with van der Waals surface area (Å²) in [7, 11) is 1.49. The van der Waals surface area contributed by atoms with Crippen molar-refractivity contribution in [3.05, 3.63) is 22.8 Å². The average molecular weight is 278 g/mol. The zero-order chi connectivity index (χ0) is 14.9. The lowest BCUT2D eigenvalue weighted by Crippen LogP contribution is -2.38. The van der Waals surface area contributed by atoms with Crippen LogP contribution in [0, 0.1) is 13.8 Å². The molecule has 0 amide bonds. The number of carbonyl (C=O) groups is 1. The monoisotopic (exact) mass is 278 g/mol. The van der Waals surface area contributed by atoms with Crippen molar-refractivity contribution >= 4 is 5.97 Å². The minimum atomic E-state index is -0.839. The second kappa shape index (κ2) is 5.35. The number of aromatic hydroxyl groups is 1. The van der Waals surface area contributed by atoms with Gasteiger partial charge in [-0.3, -0.25) is 4.79 Å². The van der Waals surface area contributed by atoms with E-state index in [4.69, 9.17) is 4.74 Å². The van der Waals surface area contributed by atoms with Gasteiger partial charge in [-0.15, -0.1) is 0 Å². The Morgan fingerprint density at radius 2 is 1.80 bits per heavy atom. The first-order chi connectivity index (χ1) is 9.44. The topological polar surface area (TPSA) is 66.8 Å². The number of aliphatic carboxylic acids is 1. The molecule has 0 aliphatic heterocycles. The van der Waals surface area contributed by atoms with Gasteiger partial charge in [0.2, 0.25) is 0 Å². The van der Waals surface area contributed by atoms with Gasteiger partial charge in [-0.05, 0) is 49.4 Å². The van der Waals surface area contributed by atoms with Gasteiger partial charge in [0.15, 0.2) is 11.5 Å². The van der Waals surface area contributed by atoms with Gasteiger partial charge < -0.3 is 14.9 Å². The van der Waals surface area contributed by atoms with Crippen LogP contribution in [0.4, 0.5) is 0 Å². The minimum absolute atomic E-state index is 0.102. The molecule has 2 N–H and O–H groups in total. The van der Waals surface area contributed by atoms with E-state index in [0.717, 1.165) is 30.4 Å². The number of methoxy groups -OCH3 is 1. The maximum Gasteiger partial charge on any atom is 0.314 e.